The zero-order chi connectivity index (χ0) is 10.1. The minimum Gasteiger partial charge on any atom is -0.275 e. The third-order valence-electron chi connectivity index (χ3n) is 1.96. The van der Waals surface area contributed by atoms with Crippen LogP contribution in [0.1, 0.15) is 0 Å². The van der Waals surface area contributed by atoms with Crippen LogP contribution in [0.25, 0.3) is 11.1 Å². The Hall–Kier alpha value is -1.35. The molecule has 2 aromatic rings. The van der Waals surface area contributed by atoms with Crippen molar-refractivity contribution in [2.24, 2.45) is 7.05 Å². The number of halogens is 2. The van der Waals surface area contributed by atoms with E-state index in [-0.39, 0.29) is 5.02 Å². The standard InChI is InChI=1S/C10H8ClFN2/c1-14-6-8(5-13-14)7-2-3-10(12)9(11)4-7/h2-6H,1H3. The summed E-state index contributed by atoms with van der Waals surface area (Å²) in [5.41, 5.74) is 1.79. The first kappa shape index (κ1) is 9.21. The van der Waals surface area contributed by atoms with Crippen LogP contribution in [0.4, 0.5) is 4.39 Å². The van der Waals surface area contributed by atoms with Gasteiger partial charge in [0.1, 0.15) is 5.82 Å². The van der Waals surface area contributed by atoms with Gasteiger partial charge < -0.3 is 0 Å². The van der Waals surface area contributed by atoms with Crippen molar-refractivity contribution in [2.75, 3.05) is 0 Å². The summed E-state index contributed by atoms with van der Waals surface area (Å²) < 4.78 is 14.6. The van der Waals surface area contributed by atoms with E-state index in [4.69, 9.17) is 11.6 Å². The van der Waals surface area contributed by atoms with Crippen molar-refractivity contribution < 1.29 is 4.39 Å². The second-order valence-electron chi connectivity index (χ2n) is 3.03. The molecule has 1 heterocycles. The van der Waals surface area contributed by atoms with Crippen LogP contribution in [0.5, 0.6) is 0 Å². The monoisotopic (exact) mass is 210 g/mol. The first-order valence-electron chi connectivity index (χ1n) is 4.11. The van der Waals surface area contributed by atoms with Crippen LogP contribution in [0.3, 0.4) is 0 Å². The topological polar surface area (TPSA) is 17.8 Å². The van der Waals surface area contributed by atoms with Gasteiger partial charge in [-0.25, -0.2) is 4.39 Å². The number of aromatic nitrogens is 2. The van der Waals surface area contributed by atoms with Crippen LogP contribution in [0.15, 0.2) is 30.6 Å². The predicted octanol–water partition coefficient (Wildman–Crippen LogP) is 2.88. The molecule has 0 radical (unpaired) electrons. The normalized spacial score (nSPS) is 10.5. The largest absolute Gasteiger partial charge is 0.275 e. The summed E-state index contributed by atoms with van der Waals surface area (Å²) in [5.74, 6) is -0.403. The highest BCUT2D eigenvalue weighted by atomic mass is 35.5. The Morgan fingerprint density at radius 3 is 2.71 bits per heavy atom. The van der Waals surface area contributed by atoms with E-state index in [9.17, 15) is 4.39 Å². The minimum absolute atomic E-state index is 0.131. The smallest absolute Gasteiger partial charge is 0.141 e. The second kappa shape index (κ2) is 3.42. The van der Waals surface area contributed by atoms with Gasteiger partial charge in [0, 0.05) is 18.8 Å². The number of nitrogens with zero attached hydrogens (tertiary/aromatic N) is 2. The average molecular weight is 211 g/mol. The number of benzene rings is 1. The fourth-order valence-electron chi connectivity index (χ4n) is 1.25. The Balaban J connectivity index is 2.47. The van der Waals surface area contributed by atoms with Crippen molar-refractivity contribution in [1.82, 2.24) is 9.78 Å². The van der Waals surface area contributed by atoms with Crippen LogP contribution in [-0.2, 0) is 7.05 Å². The second-order valence-corrected chi connectivity index (χ2v) is 3.44. The van der Waals surface area contributed by atoms with Crippen molar-refractivity contribution in [1.29, 1.82) is 0 Å². The third kappa shape index (κ3) is 1.63. The highest BCUT2D eigenvalue weighted by Gasteiger charge is 2.04. The lowest BCUT2D eigenvalue weighted by molar-refractivity contribution is 0.628. The number of hydrogen-bond donors (Lipinski definition) is 0. The summed E-state index contributed by atoms with van der Waals surface area (Å²) in [6.45, 7) is 0. The molecule has 0 atom stereocenters. The van der Waals surface area contributed by atoms with E-state index in [1.165, 1.54) is 6.07 Å². The van der Waals surface area contributed by atoms with Crippen molar-refractivity contribution >= 4 is 11.6 Å². The Morgan fingerprint density at radius 1 is 1.36 bits per heavy atom. The fourth-order valence-corrected chi connectivity index (χ4v) is 1.43. The first-order chi connectivity index (χ1) is 6.66. The molecule has 0 spiro atoms. The summed E-state index contributed by atoms with van der Waals surface area (Å²) in [5, 5.41) is 4.16. The predicted molar refractivity (Wildman–Crippen MR) is 53.6 cm³/mol. The fraction of sp³-hybridized carbons (Fsp3) is 0.100. The highest BCUT2D eigenvalue weighted by Crippen LogP contribution is 2.24. The van der Waals surface area contributed by atoms with Crippen LogP contribution in [-0.4, -0.2) is 9.78 Å². The molecule has 14 heavy (non-hydrogen) atoms. The maximum atomic E-state index is 12.9. The quantitative estimate of drug-likeness (QED) is 0.708. The van der Waals surface area contributed by atoms with Crippen LogP contribution < -0.4 is 0 Å². The van der Waals surface area contributed by atoms with Gasteiger partial charge in [-0.05, 0) is 17.7 Å². The molecule has 0 saturated carbocycles. The number of aryl methyl sites for hydroxylation is 1. The molecule has 0 aliphatic rings. The van der Waals surface area contributed by atoms with Crippen LogP contribution in [0.2, 0.25) is 5.02 Å². The van der Waals surface area contributed by atoms with Gasteiger partial charge in [-0.3, -0.25) is 4.68 Å². The Labute approximate surface area is 85.9 Å². The molecule has 2 rings (SSSR count). The average Bonchev–Trinajstić information content (AvgIpc) is 2.57. The van der Waals surface area contributed by atoms with Crippen molar-refractivity contribution in [3.63, 3.8) is 0 Å². The zero-order valence-corrected chi connectivity index (χ0v) is 8.29. The van der Waals surface area contributed by atoms with Gasteiger partial charge in [-0.1, -0.05) is 17.7 Å². The molecule has 0 fully saturated rings. The van der Waals surface area contributed by atoms with Crippen LogP contribution >= 0.6 is 11.6 Å². The van der Waals surface area contributed by atoms with Gasteiger partial charge in [0.05, 0.1) is 11.2 Å². The molecule has 72 valence electrons. The van der Waals surface area contributed by atoms with Gasteiger partial charge in [0.15, 0.2) is 0 Å². The maximum Gasteiger partial charge on any atom is 0.141 e. The molecule has 2 nitrogen and oxygen atoms in total. The van der Waals surface area contributed by atoms with Crippen molar-refractivity contribution in [3.8, 4) is 11.1 Å². The molecule has 0 aliphatic carbocycles. The Kier molecular flexibility index (Phi) is 2.25. The van der Waals surface area contributed by atoms with E-state index in [1.807, 2.05) is 13.2 Å². The molecular weight excluding hydrogens is 203 g/mol. The molecule has 0 amide bonds. The summed E-state index contributed by atoms with van der Waals surface area (Å²) in [4.78, 5) is 0. The Morgan fingerprint density at radius 2 is 2.14 bits per heavy atom. The van der Waals surface area contributed by atoms with Crippen LogP contribution in [0, 0.1) is 5.82 Å². The van der Waals surface area contributed by atoms with Gasteiger partial charge >= 0.3 is 0 Å². The van der Waals surface area contributed by atoms with Crippen molar-refractivity contribution in [3.05, 3.63) is 41.4 Å². The summed E-state index contributed by atoms with van der Waals surface area (Å²) in [6, 6.07) is 4.62. The summed E-state index contributed by atoms with van der Waals surface area (Å²) in [6.07, 6.45) is 3.56. The molecule has 0 bridgehead atoms. The lowest BCUT2D eigenvalue weighted by Crippen LogP contribution is -1.84. The SMILES string of the molecule is Cn1cc(-c2ccc(F)c(Cl)c2)cn1. The van der Waals surface area contributed by atoms with E-state index in [0.717, 1.165) is 11.1 Å². The van der Waals surface area contributed by atoms with E-state index in [0.29, 0.717) is 0 Å². The number of rotatable bonds is 1. The molecule has 1 aromatic carbocycles. The third-order valence-corrected chi connectivity index (χ3v) is 2.25. The van der Waals surface area contributed by atoms with Gasteiger partial charge in [0.2, 0.25) is 0 Å². The summed E-state index contributed by atoms with van der Waals surface area (Å²) >= 11 is 5.67. The van der Waals surface area contributed by atoms with E-state index < -0.39 is 5.82 Å². The number of hydrogen-bond acceptors (Lipinski definition) is 1. The van der Waals surface area contributed by atoms with E-state index in [2.05, 4.69) is 5.10 Å². The minimum atomic E-state index is -0.403. The highest BCUT2D eigenvalue weighted by molar-refractivity contribution is 6.31. The Bertz CT molecular complexity index is 465. The maximum absolute atomic E-state index is 12.9. The molecule has 4 heteroatoms. The molecule has 0 saturated heterocycles. The van der Waals surface area contributed by atoms with E-state index in [1.54, 1.807) is 23.0 Å². The summed E-state index contributed by atoms with van der Waals surface area (Å²) in [7, 11) is 1.83. The van der Waals surface area contributed by atoms with Gasteiger partial charge in [0.25, 0.3) is 0 Å². The molecule has 1 aromatic heterocycles. The molecular formula is C10H8ClFN2. The molecule has 0 N–H and O–H groups in total. The zero-order valence-electron chi connectivity index (χ0n) is 7.54. The first-order valence-corrected chi connectivity index (χ1v) is 4.48. The van der Waals surface area contributed by atoms with Gasteiger partial charge in [-0.15, -0.1) is 0 Å². The van der Waals surface area contributed by atoms with Gasteiger partial charge in [-0.2, -0.15) is 5.10 Å². The lowest BCUT2D eigenvalue weighted by Gasteiger charge is -1.98. The van der Waals surface area contributed by atoms with E-state index >= 15 is 0 Å². The lowest BCUT2D eigenvalue weighted by atomic mass is 10.1. The molecule has 0 unspecified atom stereocenters. The molecule has 0 aliphatic heterocycles. The van der Waals surface area contributed by atoms with Crippen molar-refractivity contribution in [2.45, 2.75) is 0 Å².